The fourth-order valence-corrected chi connectivity index (χ4v) is 5.44. The molecule has 0 aliphatic carbocycles. The summed E-state index contributed by atoms with van der Waals surface area (Å²) in [6, 6.07) is 19.5. The maximum absolute atomic E-state index is 9.43. The average Bonchev–Trinajstić information content (AvgIpc) is 3.53. The van der Waals surface area contributed by atoms with Gasteiger partial charge in [-0.1, -0.05) is 139 Å². The standard InChI is InChI=1S/C40H26O/c1-3-13-27(14-4-1)29-23-24-38-36(25-29)37(26-41-38)40-34-21-11-9-19-32(34)39(33-20-10-12-22-35(33)40)31-18-8-7-17-30(31)28-15-5-2-6-16-28/h1-26H/i9D,10D,11D,12D,19D,20D,21D,22D,23D,24D,25D,26D. The first-order valence-corrected chi connectivity index (χ1v) is 13.1. The first-order valence-electron chi connectivity index (χ1n) is 19.1. The molecule has 7 aromatic carbocycles. The minimum atomic E-state index is -0.615. The molecule has 0 amide bonds. The minimum Gasteiger partial charge on any atom is -0.464 e. The molecule has 1 aromatic heterocycles. The van der Waals surface area contributed by atoms with Gasteiger partial charge in [0.2, 0.25) is 0 Å². The van der Waals surface area contributed by atoms with Crippen molar-refractivity contribution in [2.75, 3.05) is 0 Å². The van der Waals surface area contributed by atoms with E-state index >= 15 is 0 Å². The fraction of sp³-hybridized carbons (Fsp3) is 0. The molecule has 1 nitrogen and oxygen atoms in total. The second-order valence-corrected chi connectivity index (χ2v) is 9.56. The summed E-state index contributed by atoms with van der Waals surface area (Å²) in [7, 11) is 0. The summed E-state index contributed by atoms with van der Waals surface area (Å²) in [6.45, 7) is 0. The van der Waals surface area contributed by atoms with Gasteiger partial charge in [0.1, 0.15) is 6.95 Å². The molecule has 0 unspecified atom stereocenters. The van der Waals surface area contributed by atoms with Gasteiger partial charge in [-0.05, 0) is 67.0 Å². The van der Waals surface area contributed by atoms with Crippen molar-refractivity contribution in [1.29, 1.82) is 0 Å². The second-order valence-electron chi connectivity index (χ2n) is 9.56. The highest BCUT2D eigenvalue weighted by Crippen LogP contribution is 2.47. The molecule has 8 rings (SSSR count). The SMILES string of the molecule is [2H]c1oc2c([2H])c([2H])c(-c3ccccc3)c([2H])c2c1-c1c2c([2H])c([2H])c([2H])c([2H])c2c(-c2ccccc2-c2ccccc2)c2c([2H])c([2H])c([2H])c([2H])c12. The van der Waals surface area contributed by atoms with Crippen molar-refractivity contribution in [1.82, 2.24) is 0 Å². The van der Waals surface area contributed by atoms with Crippen LogP contribution in [0, 0.1) is 0 Å². The van der Waals surface area contributed by atoms with Crippen LogP contribution in [0.3, 0.4) is 0 Å². The lowest BCUT2D eigenvalue weighted by Gasteiger charge is -2.19. The van der Waals surface area contributed by atoms with Gasteiger partial charge in [0, 0.05) is 16.5 Å². The van der Waals surface area contributed by atoms with Gasteiger partial charge in [-0.25, -0.2) is 0 Å². The van der Waals surface area contributed by atoms with Gasteiger partial charge in [-0.2, -0.15) is 0 Å². The molecule has 8 aromatic rings. The third kappa shape index (κ3) is 3.86. The van der Waals surface area contributed by atoms with E-state index in [9.17, 15) is 6.85 Å². The largest absolute Gasteiger partial charge is 0.464 e. The van der Waals surface area contributed by atoms with E-state index in [-0.39, 0.29) is 66.9 Å². The third-order valence-corrected chi connectivity index (χ3v) is 7.25. The number of hydrogen-bond donors (Lipinski definition) is 0. The van der Waals surface area contributed by atoms with Gasteiger partial charge in [0.25, 0.3) is 0 Å². The van der Waals surface area contributed by atoms with E-state index in [0.29, 0.717) is 16.7 Å². The van der Waals surface area contributed by atoms with Crippen LogP contribution in [0.2, 0.25) is 0 Å². The van der Waals surface area contributed by atoms with Crippen LogP contribution in [0.15, 0.2) is 162 Å². The summed E-state index contributed by atoms with van der Waals surface area (Å²) < 4.78 is 115. The first-order chi connectivity index (χ1) is 25.4. The van der Waals surface area contributed by atoms with Crippen LogP contribution in [-0.4, -0.2) is 0 Å². The van der Waals surface area contributed by atoms with Crippen molar-refractivity contribution >= 4 is 32.5 Å². The summed E-state index contributed by atoms with van der Waals surface area (Å²) in [6.07, 6.45) is -0.605. The predicted octanol–water partition coefficient (Wildman–Crippen LogP) is 11.4. The molecule has 0 saturated carbocycles. The number of hydrogen-bond acceptors (Lipinski definition) is 1. The molecule has 0 bridgehead atoms. The Balaban J connectivity index is 1.70. The van der Waals surface area contributed by atoms with Crippen LogP contribution in [0.25, 0.3) is 77.0 Å². The van der Waals surface area contributed by atoms with Gasteiger partial charge in [0.15, 0.2) is 0 Å². The Morgan fingerprint density at radius 2 is 0.927 bits per heavy atom. The maximum atomic E-state index is 9.43. The summed E-state index contributed by atoms with van der Waals surface area (Å²) in [5.74, 6) is 0. The molecule has 0 spiro atoms. The van der Waals surface area contributed by atoms with E-state index in [1.807, 2.05) is 36.4 Å². The third-order valence-electron chi connectivity index (χ3n) is 7.25. The predicted molar refractivity (Wildman–Crippen MR) is 173 cm³/mol. The number of benzene rings is 7. The molecule has 41 heavy (non-hydrogen) atoms. The van der Waals surface area contributed by atoms with Crippen molar-refractivity contribution in [3.8, 4) is 44.5 Å². The van der Waals surface area contributed by atoms with E-state index in [4.69, 9.17) is 14.0 Å². The Morgan fingerprint density at radius 3 is 1.54 bits per heavy atom. The van der Waals surface area contributed by atoms with Crippen molar-refractivity contribution in [2.45, 2.75) is 0 Å². The van der Waals surface area contributed by atoms with Gasteiger partial charge >= 0.3 is 0 Å². The smallest absolute Gasteiger partial charge is 0.134 e. The maximum Gasteiger partial charge on any atom is 0.134 e. The van der Waals surface area contributed by atoms with Crippen LogP contribution >= 0.6 is 0 Å². The lowest BCUT2D eigenvalue weighted by Crippen LogP contribution is -1.92. The molecule has 0 fully saturated rings. The van der Waals surface area contributed by atoms with Crippen molar-refractivity contribution in [2.24, 2.45) is 0 Å². The van der Waals surface area contributed by atoms with Crippen molar-refractivity contribution in [3.63, 3.8) is 0 Å². The molecular formula is C40H26O. The van der Waals surface area contributed by atoms with Crippen LogP contribution in [0.5, 0.6) is 0 Å². The lowest BCUT2D eigenvalue weighted by molar-refractivity contribution is 0.617. The van der Waals surface area contributed by atoms with Gasteiger partial charge < -0.3 is 4.42 Å². The zero-order chi connectivity index (χ0) is 37.6. The quantitative estimate of drug-likeness (QED) is 0.205. The topological polar surface area (TPSA) is 13.1 Å². The summed E-state index contributed by atoms with van der Waals surface area (Å²) in [5.41, 5.74) is 1.86. The highest BCUT2D eigenvalue weighted by atomic mass is 16.3. The van der Waals surface area contributed by atoms with Gasteiger partial charge in [0.05, 0.1) is 21.3 Å². The zero-order valence-electron chi connectivity index (χ0n) is 33.5. The highest BCUT2D eigenvalue weighted by Gasteiger charge is 2.21. The molecule has 0 atom stereocenters. The molecular weight excluding hydrogens is 496 g/mol. The van der Waals surface area contributed by atoms with Crippen LogP contribution in [0.4, 0.5) is 0 Å². The summed E-state index contributed by atoms with van der Waals surface area (Å²) in [4.78, 5) is 0. The Morgan fingerprint density at radius 1 is 0.415 bits per heavy atom. The summed E-state index contributed by atoms with van der Waals surface area (Å²) in [5, 5.41) is -0.512. The number of fused-ring (bicyclic) bond motifs is 3. The first kappa shape index (κ1) is 14.3. The Hall–Kier alpha value is -5.40. The number of furan rings is 1. The lowest BCUT2D eigenvalue weighted by atomic mass is 9.83. The van der Waals surface area contributed by atoms with Crippen molar-refractivity contribution < 1.29 is 20.9 Å². The van der Waals surface area contributed by atoms with E-state index in [2.05, 4.69) is 0 Å². The monoisotopic (exact) mass is 534 g/mol. The zero-order valence-corrected chi connectivity index (χ0v) is 21.5. The highest BCUT2D eigenvalue weighted by molar-refractivity contribution is 6.24. The molecule has 0 aliphatic rings. The Kier molecular flexibility index (Phi) is 3.37. The minimum absolute atomic E-state index is 0.0568. The molecule has 0 N–H and O–H groups in total. The van der Waals surface area contributed by atoms with Crippen LogP contribution < -0.4 is 0 Å². The molecule has 0 saturated heterocycles. The molecule has 0 radical (unpaired) electrons. The van der Waals surface area contributed by atoms with E-state index < -0.39 is 60.6 Å². The van der Waals surface area contributed by atoms with Gasteiger partial charge in [-0.15, -0.1) is 0 Å². The average molecular weight is 535 g/mol. The Bertz CT molecular complexity index is 2770. The van der Waals surface area contributed by atoms with E-state index in [1.54, 1.807) is 48.5 Å². The number of rotatable bonds is 4. The Labute approximate surface area is 255 Å². The molecule has 0 aliphatic heterocycles. The van der Waals surface area contributed by atoms with E-state index in [1.165, 1.54) is 0 Å². The van der Waals surface area contributed by atoms with Crippen LogP contribution in [0.1, 0.15) is 16.4 Å². The molecule has 1 heteroatoms. The molecule has 1 heterocycles. The summed E-state index contributed by atoms with van der Waals surface area (Å²) >= 11 is 0. The van der Waals surface area contributed by atoms with E-state index in [0.717, 1.165) is 5.56 Å². The second kappa shape index (κ2) is 9.66. The fourth-order valence-electron chi connectivity index (χ4n) is 5.44. The van der Waals surface area contributed by atoms with Crippen molar-refractivity contribution in [3.05, 3.63) is 158 Å². The van der Waals surface area contributed by atoms with Gasteiger partial charge in [-0.3, -0.25) is 0 Å². The normalized spacial score (nSPS) is 15.5. The van der Waals surface area contributed by atoms with Crippen LogP contribution in [-0.2, 0) is 0 Å². The molecule has 192 valence electrons.